The van der Waals surface area contributed by atoms with E-state index >= 15 is 0 Å². The van der Waals surface area contributed by atoms with Gasteiger partial charge in [0.05, 0.1) is 16.6 Å². The first-order valence-corrected chi connectivity index (χ1v) is 8.08. The van der Waals surface area contributed by atoms with Gasteiger partial charge in [-0.2, -0.15) is 5.10 Å². The molecule has 4 aromatic rings. The molecule has 0 unspecified atom stereocenters. The second kappa shape index (κ2) is 5.68. The number of rotatable bonds is 3. The molecule has 0 bridgehead atoms. The van der Waals surface area contributed by atoms with Crippen molar-refractivity contribution in [2.24, 2.45) is 0 Å². The molecule has 0 spiro atoms. The van der Waals surface area contributed by atoms with Gasteiger partial charge in [0.2, 0.25) is 0 Å². The van der Waals surface area contributed by atoms with E-state index in [0.717, 1.165) is 15.5 Å². The van der Waals surface area contributed by atoms with Gasteiger partial charge in [-0.15, -0.1) is 0 Å². The van der Waals surface area contributed by atoms with Crippen LogP contribution in [0.5, 0.6) is 0 Å². The van der Waals surface area contributed by atoms with Crippen molar-refractivity contribution in [3.05, 3.63) is 65.2 Å². The SMILES string of the molecule is CC(=O)c1ccc(-n2cnc3ccc(Br)cc32)nc1-n1cccn1. The van der Waals surface area contributed by atoms with Crippen molar-refractivity contribution in [2.45, 2.75) is 6.92 Å². The van der Waals surface area contributed by atoms with Crippen LogP contribution in [0.25, 0.3) is 22.7 Å². The second-order valence-corrected chi connectivity index (χ2v) is 6.21. The number of halogens is 1. The number of aromatic nitrogens is 5. The first-order chi connectivity index (χ1) is 11.6. The number of carbonyl (C=O) groups is 1. The van der Waals surface area contributed by atoms with Crippen molar-refractivity contribution in [1.82, 2.24) is 24.3 Å². The van der Waals surface area contributed by atoms with Crippen molar-refractivity contribution < 1.29 is 4.79 Å². The predicted molar refractivity (Wildman–Crippen MR) is 93.7 cm³/mol. The molecule has 0 fully saturated rings. The molecule has 4 rings (SSSR count). The van der Waals surface area contributed by atoms with Crippen LogP contribution in [0.4, 0.5) is 0 Å². The lowest BCUT2D eigenvalue weighted by atomic mass is 10.2. The maximum Gasteiger partial charge on any atom is 0.166 e. The average molecular weight is 382 g/mol. The Bertz CT molecular complexity index is 1050. The third-order valence-corrected chi connectivity index (χ3v) is 4.21. The highest BCUT2D eigenvalue weighted by atomic mass is 79.9. The number of pyridine rings is 1. The van der Waals surface area contributed by atoms with E-state index in [9.17, 15) is 4.79 Å². The highest BCUT2D eigenvalue weighted by Gasteiger charge is 2.14. The summed E-state index contributed by atoms with van der Waals surface area (Å²) < 4.78 is 4.44. The van der Waals surface area contributed by atoms with E-state index in [2.05, 4.69) is 31.0 Å². The van der Waals surface area contributed by atoms with Crippen molar-refractivity contribution in [3.8, 4) is 11.6 Å². The molecule has 0 aliphatic heterocycles. The molecular weight excluding hydrogens is 370 g/mol. The van der Waals surface area contributed by atoms with Gasteiger partial charge in [-0.1, -0.05) is 15.9 Å². The quantitative estimate of drug-likeness (QED) is 0.508. The van der Waals surface area contributed by atoms with E-state index in [0.29, 0.717) is 17.2 Å². The first kappa shape index (κ1) is 14.8. The Kier molecular flexibility index (Phi) is 3.50. The van der Waals surface area contributed by atoms with Gasteiger partial charge in [-0.05, 0) is 43.3 Å². The van der Waals surface area contributed by atoms with Gasteiger partial charge in [0.15, 0.2) is 11.6 Å². The number of Topliss-reactive ketones (excluding diaryl/α,β-unsaturated/α-hetero) is 1. The summed E-state index contributed by atoms with van der Waals surface area (Å²) in [5, 5.41) is 4.20. The number of carbonyl (C=O) groups excluding carboxylic acids is 1. The maximum atomic E-state index is 11.9. The number of hydrogen-bond donors (Lipinski definition) is 0. The molecule has 0 amide bonds. The highest BCUT2D eigenvalue weighted by Crippen LogP contribution is 2.23. The van der Waals surface area contributed by atoms with Gasteiger partial charge >= 0.3 is 0 Å². The molecular formula is C17H12BrN5O. The van der Waals surface area contributed by atoms with Crippen molar-refractivity contribution in [3.63, 3.8) is 0 Å². The Balaban J connectivity index is 1.94. The smallest absolute Gasteiger partial charge is 0.166 e. The normalized spacial score (nSPS) is 11.1. The minimum Gasteiger partial charge on any atom is -0.294 e. The molecule has 1 aromatic carbocycles. The van der Waals surface area contributed by atoms with E-state index in [-0.39, 0.29) is 5.78 Å². The molecule has 3 aromatic heterocycles. The Labute approximate surface area is 145 Å². The number of benzene rings is 1. The predicted octanol–water partition coefficient (Wildman–Crippen LogP) is 3.57. The zero-order chi connectivity index (χ0) is 16.7. The number of nitrogens with zero attached hydrogens (tertiary/aromatic N) is 5. The van der Waals surface area contributed by atoms with Crippen LogP contribution in [0.1, 0.15) is 17.3 Å². The van der Waals surface area contributed by atoms with E-state index in [1.807, 2.05) is 28.8 Å². The van der Waals surface area contributed by atoms with Gasteiger partial charge in [-0.3, -0.25) is 9.36 Å². The van der Waals surface area contributed by atoms with Gasteiger partial charge in [0.1, 0.15) is 12.1 Å². The number of ketones is 1. The highest BCUT2D eigenvalue weighted by molar-refractivity contribution is 9.10. The zero-order valence-electron chi connectivity index (χ0n) is 12.7. The molecule has 24 heavy (non-hydrogen) atoms. The van der Waals surface area contributed by atoms with Crippen molar-refractivity contribution >= 4 is 32.7 Å². The topological polar surface area (TPSA) is 65.6 Å². The summed E-state index contributed by atoms with van der Waals surface area (Å²) in [5.41, 5.74) is 2.32. The standard InChI is InChI=1S/C17H12BrN5O/c1-11(24)13-4-6-16(21-17(13)23-8-2-7-20-23)22-10-19-14-5-3-12(18)9-15(14)22/h2-10H,1H3. The second-order valence-electron chi connectivity index (χ2n) is 5.30. The average Bonchev–Trinajstić information content (AvgIpc) is 3.23. The van der Waals surface area contributed by atoms with Crippen LogP contribution >= 0.6 is 15.9 Å². The fourth-order valence-corrected chi connectivity index (χ4v) is 2.93. The van der Waals surface area contributed by atoms with Crippen LogP contribution < -0.4 is 0 Å². The number of hydrogen-bond acceptors (Lipinski definition) is 4. The lowest BCUT2D eigenvalue weighted by molar-refractivity contribution is 0.101. The zero-order valence-corrected chi connectivity index (χ0v) is 14.3. The monoisotopic (exact) mass is 381 g/mol. The molecule has 7 heteroatoms. The minimum atomic E-state index is -0.0576. The molecule has 0 radical (unpaired) electrons. The maximum absolute atomic E-state index is 11.9. The molecule has 0 atom stereocenters. The number of imidazole rings is 1. The van der Waals surface area contributed by atoms with Gasteiger partial charge in [-0.25, -0.2) is 14.6 Å². The third kappa shape index (κ3) is 2.43. The van der Waals surface area contributed by atoms with Crippen LogP contribution in [-0.4, -0.2) is 30.1 Å². The summed E-state index contributed by atoms with van der Waals surface area (Å²) in [6.45, 7) is 1.52. The largest absolute Gasteiger partial charge is 0.294 e. The Hall–Kier alpha value is -2.80. The van der Waals surface area contributed by atoms with Gasteiger partial charge < -0.3 is 0 Å². The molecule has 0 aliphatic carbocycles. The molecule has 0 saturated carbocycles. The van der Waals surface area contributed by atoms with Crippen LogP contribution in [0.3, 0.4) is 0 Å². The lowest BCUT2D eigenvalue weighted by Gasteiger charge is -2.10. The lowest BCUT2D eigenvalue weighted by Crippen LogP contribution is -2.09. The number of fused-ring (bicyclic) bond motifs is 1. The van der Waals surface area contributed by atoms with Crippen LogP contribution in [0.15, 0.2) is 59.6 Å². The van der Waals surface area contributed by atoms with Crippen LogP contribution in [0, 0.1) is 0 Å². The Morgan fingerprint density at radius 1 is 1.21 bits per heavy atom. The summed E-state index contributed by atoms with van der Waals surface area (Å²) in [6, 6.07) is 11.2. The minimum absolute atomic E-state index is 0.0576. The van der Waals surface area contributed by atoms with Crippen LogP contribution in [0.2, 0.25) is 0 Å². The van der Waals surface area contributed by atoms with Gasteiger partial charge in [0.25, 0.3) is 0 Å². The van der Waals surface area contributed by atoms with Crippen LogP contribution in [-0.2, 0) is 0 Å². The fraction of sp³-hybridized carbons (Fsp3) is 0.0588. The molecule has 6 nitrogen and oxygen atoms in total. The summed E-state index contributed by atoms with van der Waals surface area (Å²) in [6.07, 6.45) is 5.14. The third-order valence-electron chi connectivity index (χ3n) is 3.72. The van der Waals surface area contributed by atoms with E-state index in [1.165, 1.54) is 6.92 Å². The fourth-order valence-electron chi connectivity index (χ4n) is 2.58. The van der Waals surface area contributed by atoms with E-state index in [4.69, 9.17) is 0 Å². The first-order valence-electron chi connectivity index (χ1n) is 7.28. The van der Waals surface area contributed by atoms with E-state index < -0.39 is 0 Å². The summed E-state index contributed by atoms with van der Waals surface area (Å²) in [4.78, 5) is 21.0. The van der Waals surface area contributed by atoms with Crippen molar-refractivity contribution in [2.75, 3.05) is 0 Å². The molecule has 118 valence electrons. The van der Waals surface area contributed by atoms with Crippen molar-refractivity contribution in [1.29, 1.82) is 0 Å². The van der Waals surface area contributed by atoms with E-state index in [1.54, 1.807) is 35.5 Å². The molecule has 0 N–H and O–H groups in total. The summed E-state index contributed by atoms with van der Waals surface area (Å²) in [5.74, 6) is 1.12. The molecule has 0 aliphatic rings. The molecule has 0 saturated heterocycles. The Morgan fingerprint density at radius 3 is 2.83 bits per heavy atom. The van der Waals surface area contributed by atoms with Gasteiger partial charge in [0, 0.05) is 16.9 Å². The molecule has 3 heterocycles. The summed E-state index contributed by atoms with van der Waals surface area (Å²) in [7, 11) is 0. The summed E-state index contributed by atoms with van der Waals surface area (Å²) >= 11 is 3.48. The Morgan fingerprint density at radius 2 is 2.08 bits per heavy atom.